The van der Waals surface area contributed by atoms with E-state index in [0.717, 1.165) is 30.9 Å². The van der Waals surface area contributed by atoms with Crippen molar-refractivity contribution in [2.75, 3.05) is 25.4 Å². The SMILES string of the molecule is CCN(Cc1ccccc1N)CC(C)CO. The fraction of sp³-hybridized carbons (Fsp3) is 0.538. The summed E-state index contributed by atoms with van der Waals surface area (Å²) >= 11 is 0. The molecule has 0 bridgehead atoms. The van der Waals surface area contributed by atoms with E-state index in [2.05, 4.69) is 24.8 Å². The molecule has 1 aromatic carbocycles. The summed E-state index contributed by atoms with van der Waals surface area (Å²) in [5.74, 6) is 0.310. The van der Waals surface area contributed by atoms with Gasteiger partial charge < -0.3 is 10.8 Å². The molecule has 0 saturated carbocycles. The van der Waals surface area contributed by atoms with Crippen LogP contribution in [0.1, 0.15) is 19.4 Å². The number of hydrogen-bond donors (Lipinski definition) is 2. The Morgan fingerprint density at radius 1 is 1.38 bits per heavy atom. The van der Waals surface area contributed by atoms with Gasteiger partial charge in [-0.2, -0.15) is 0 Å². The summed E-state index contributed by atoms with van der Waals surface area (Å²) in [6.07, 6.45) is 0. The van der Waals surface area contributed by atoms with Gasteiger partial charge in [0.1, 0.15) is 0 Å². The molecule has 0 aliphatic carbocycles. The summed E-state index contributed by atoms with van der Waals surface area (Å²) in [7, 11) is 0. The van der Waals surface area contributed by atoms with Crippen LogP contribution in [-0.2, 0) is 6.54 Å². The monoisotopic (exact) mass is 222 g/mol. The van der Waals surface area contributed by atoms with E-state index < -0.39 is 0 Å². The van der Waals surface area contributed by atoms with Gasteiger partial charge in [0.25, 0.3) is 0 Å². The number of hydrogen-bond acceptors (Lipinski definition) is 3. The van der Waals surface area contributed by atoms with Gasteiger partial charge in [0, 0.05) is 25.4 Å². The van der Waals surface area contributed by atoms with Crippen LogP contribution >= 0.6 is 0 Å². The maximum Gasteiger partial charge on any atom is 0.0468 e. The number of aliphatic hydroxyl groups is 1. The van der Waals surface area contributed by atoms with Crippen LogP contribution in [0.25, 0.3) is 0 Å². The van der Waals surface area contributed by atoms with Gasteiger partial charge in [-0.15, -0.1) is 0 Å². The van der Waals surface area contributed by atoms with Gasteiger partial charge >= 0.3 is 0 Å². The van der Waals surface area contributed by atoms with Crippen LogP contribution in [0.3, 0.4) is 0 Å². The molecule has 0 amide bonds. The lowest BCUT2D eigenvalue weighted by Gasteiger charge is -2.24. The van der Waals surface area contributed by atoms with E-state index in [0.29, 0.717) is 5.92 Å². The minimum absolute atomic E-state index is 0.237. The van der Waals surface area contributed by atoms with Crippen LogP contribution in [0.15, 0.2) is 24.3 Å². The summed E-state index contributed by atoms with van der Waals surface area (Å²) in [6, 6.07) is 7.95. The average Bonchev–Trinajstić information content (AvgIpc) is 2.30. The summed E-state index contributed by atoms with van der Waals surface area (Å²) in [5.41, 5.74) is 7.92. The Hall–Kier alpha value is -1.06. The molecule has 0 spiro atoms. The standard InChI is InChI=1S/C13H22N2O/c1-3-15(8-11(2)10-16)9-12-6-4-5-7-13(12)14/h4-7,11,16H,3,8-10,14H2,1-2H3. The lowest BCUT2D eigenvalue weighted by Crippen LogP contribution is -2.29. The Balaban J connectivity index is 2.60. The fourth-order valence-corrected chi connectivity index (χ4v) is 1.72. The van der Waals surface area contributed by atoms with Crippen molar-refractivity contribution >= 4 is 5.69 Å². The molecule has 0 aliphatic rings. The first-order chi connectivity index (χ1) is 7.67. The largest absolute Gasteiger partial charge is 0.398 e. The van der Waals surface area contributed by atoms with Crippen molar-refractivity contribution < 1.29 is 5.11 Å². The highest BCUT2D eigenvalue weighted by molar-refractivity contribution is 5.46. The maximum atomic E-state index is 9.05. The van der Waals surface area contributed by atoms with E-state index in [1.165, 1.54) is 0 Å². The zero-order valence-corrected chi connectivity index (χ0v) is 10.2. The van der Waals surface area contributed by atoms with Crippen molar-refractivity contribution in [3.8, 4) is 0 Å². The third-order valence-corrected chi connectivity index (χ3v) is 2.78. The van der Waals surface area contributed by atoms with Crippen molar-refractivity contribution in [1.29, 1.82) is 0 Å². The molecule has 1 atom stereocenters. The van der Waals surface area contributed by atoms with Crippen LogP contribution in [0, 0.1) is 5.92 Å². The number of rotatable bonds is 6. The molecule has 3 heteroatoms. The number of anilines is 1. The summed E-state index contributed by atoms with van der Waals surface area (Å²) < 4.78 is 0. The number of nitrogens with two attached hydrogens (primary N) is 1. The molecule has 16 heavy (non-hydrogen) atoms. The van der Waals surface area contributed by atoms with E-state index >= 15 is 0 Å². The molecule has 90 valence electrons. The quantitative estimate of drug-likeness (QED) is 0.721. The normalized spacial score (nSPS) is 13.0. The average molecular weight is 222 g/mol. The van der Waals surface area contributed by atoms with E-state index in [4.69, 9.17) is 10.8 Å². The van der Waals surface area contributed by atoms with E-state index in [9.17, 15) is 0 Å². The highest BCUT2D eigenvalue weighted by Crippen LogP contribution is 2.14. The maximum absolute atomic E-state index is 9.05. The van der Waals surface area contributed by atoms with Crippen molar-refractivity contribution in [1.82, 2.24) is 4.90 Å². The van der Waals surface area contributed by atoms with Crippen molar-refractivity contribution in [2.45, 2.75) is 20.4 Å². The fourth-order valence-electron chi connectivity index (χ4n) is 1.72. The first-order valence-corrected chi connectivity index (χ1v) is 5.84. The molecule has 0 saturated heterocycles. The lowest BCUT2D eigenvalue weighted by atomic mass is 10.1. The van der Waals surface area contributed by atoms with E-state index in [1.807, 2.05) is 18.2 Å². The number of aliphatic hydroxyl groups excluding tert-OH is 1. The van der Waals surface area contributed by atoms with Gasteiger partial charge in [-0.25, -0.2) is 0 Å². The predicted molar refractivity (Wildman–Crippen MR) is 68.1 cm³/mol. The highest BCUT2D eigenvalue weighted by Gasteiger charge is 2.09. The third-order valence-electron chi connectivity index (χ3n) is 2.78. The molecule has 1 rings (SSSR count). The number of para-hydroxylation sites is 1. The minimum Gasteiger partial charge on any atom is -0.398 e. The Kier molecular flexibility index (Phi) is 5.29. The van der Waals surface area contributed by atoms with Gasteiger partial charge in [-0.3, -0.25) is 4.90 Å². The minimum atomic E-state index is 0.237. The molecule has 1 aromatic rings. The lowest BCUT2D eigenvalue weighted by molar-refractivity contribution is 0.173. The molecular formula is C13H22N2O. The molecule has 0 aromatic heterocycles. The van der Waals surface area contributed by atoms with Crippen LogP contribution in [0.2, 0.25) is 0 Å². The van der Waals surface area contributed by atoms with Gasteiger partial charge in [0.05, 0.1) is 0 Å². The highest BCUT2D eigenvalue weighted by atomic mass is 16.3. The molecule has 0 aliphatic heterocycles. The summed E-state index contributed by atoms with van der Waals surface area (Å²) in [6.45, 7) is 7.15. The second-order valence-corrected chi connectivity index (χ2v) is 4.31. The van der Waals surface area contributed by atoms with Gasteiger partial charge in [0.2, 0.25) is 0 Å². The first kappa shape index (κ1) is 13.0. The van der Waals surface area contributed by atoms with Crippen molar-refractivity contribution in [2.24, 2.45) is 5.92 Å². The zero-order valence-electron chi connectivity index (χ0n) is 10.2. The van der Waals surface area contributed by atoms with E-state index in [-0.39, 0.29) is 6.61 Å². The number of benzene rings is 1. The summed E-state index contributed by atoms with van der Waals surface area (Å²) in [4.78, 5) is 2.30. The second-order valence-electron chi connectivity index (χ2n) is 4.31. The predicted octanol–water partition coefficient (Wildman–Crippen LogP) is 1.72. The van der Waals surface area contributed by atoms with Gasteiger partial charge in [-0.1, -0.05) is 32.0 Å². The Morgan fingerprint density at radius 2 is 2.06 bits per heavy atom. The zero-order chi connectivity index (χ0) is 12.0. The number of nitrogens with zero attached hydrogens (tertiary/aromatic N) is 1. The van der Waals surface area contributed by atoms with Gasteiger partial charge in [0.15, 0.2) is 0 Å². The second kappa shape index (κ2) is 6.51. The van der Waals surface area contributed by atoms with Crippen LogP contribution in [0.5, 0.6) is 0 Å². The van der Waals surface area contributed by atoms with Crippen molar-refractivity contribution in [3.05, 3.63) is 29.8 Å². The molecule has 0 heterocycles. The summed E-state index contributed by atoms with van der Waals surface area (Å²) in [5, 5.41) is 9.05. The first-order valence-electron chi connectivity index (χ1n) is 5.84. The van der Waals surface area contributed by atoms with Crippen LogP contribution < -0.4 is 5.73 Å². The smallest absolute Gasteiger partial charge is 0.0468 e. The Morgan fingerprint density at radius 3 is 2.62 bits per heavy atom. The molecule has 3 N–H and O–H groups in total. The molecule has 3 nitrogen and oxygen atoms in total. The van der Waals surface area contributed by atoms with Crippen LogP contribution in [-0.4, -0.2) is 29.7 Å². The molecule has 1 unspecified atom stereocenters. The van der Waals surface area contributed by atoms with Crippen molar-refractivity contribution in [3.63, 3.8) is 0 Å². The Bertz CT molecular complexity index is 315. The third kappa shape index (κ3) is 3.83. The number of nitrogen functional groups attached to an aromatic ring is 1. The van der Waals surface area contributed by atoms with Crippen LogP contribution in [0.4, 0.5) is 5.69 Å². The molecule has 0 radical (unpaired) electrons. The van der Waals surface area contributed by atoms with Gasteiger partial charge in [-0.05, 0) is 24.1 Å². The topological polar surface area (TPSA) is 49.5 Å². The Labute approximate surface area is 97.9 Å². The molecular weight excluding hydrogens is 200 g/mol. The molecule has 0 fully saturated rings. The van der Waals surface area contributed by atoms with E-state index in [1.54, 1.807) is 0 Å².